The number of allylic oxidation sites excluding steroid dienone is 1. The van der Waals surface area contributed by atoms with Gasteiger partial charge in [0.2, 0.25) is 0 Å². The number of aliphatic hydroxyl groups is 1. The van der Waals surface area contributed by atoms with Crippen LogP contribution in [0.2, 0.25) is 0 Å². The van der Waals surface area contributed by atoms with E-state index in [0.717, 1.165) is 7.11 Å². The second kappa shape index (κ2) is 11.7. The fraction of sp³-hybridized carbons (Fsp3) is 0.235. The maximum absolute atomic E-state index is 14.8. The van der Waals surface area contributed by atoms with E-state index >= 15 is 0 Å². The van der Waals surface area contributed by atoms with Gasteiger partial charge in [-0.25, -0.2) is 9.59 Å². The van der Waals surface area contributed by atoms with Gasteiger partial charge in [0.15, 0.2) is 5.78 Å². The number of rotatable bonds is 7. The molecular formula is C34H32N2O7. The number of ether oxygens (including phenoxy) is 2. The number of hydrogen-bond donors (Lipinski definition) is 1. The first kappa shape index (κ1) is 29.5. The van der Waals surface area contributed by atoms with Crippen LogP contribution in [0.15, 0.2) is 114 Å². The van der Waals surface area contributed by atoms with E-state index in [0.29, 0.717) is 22.4 Å². The average molecular weight is 581 g/mol. The molecule has 0 unspecified atom stereocenters. The second-order valence-electron chi connectivity index (χ2n) is 10.3. The molecule has 2 heterocycles. The summed E-state index contributed by atoms with van der Waals surface area (Å²) >= 11 is 0. The maximum Gasteiger partial charge on any atom is 0.348 e. The van der Waals surface area contributed by atoms with Crippen LogP contribution in [0.3, 0.4) is 0 Å². The number of fused-ring (bicyclic) bond motifs is 1. The number of carbonyl (C=O) groups excluding carboxylic acids is 4. The number of hydrogen-bond acceptors (Lipinski definition) is 8. The van der Waals surface area contributed by atoms with E-state index in [9.17, 15) is 24.3 Å². The number of benzene rings is 3. The molecule has 0 aliphatic carbocycles. The summed E-state index contributed by atoms with van der Waals surface area (Å²) in [6.45, 7) is 3.79. The van der Waals surface area contributed by atoms with Gasteiger partial charge in [0.05, 0.1) is 37.3 Å². The lowest BCUT2D eigenvalue weighted by Gasteiger charge is -2.52. The van der Waals surface area contributed by atoms with Crippen LogP contribution in [0.4, 0.5) is 0 Å². The minimum absolute atomic E-state index is 0.0101. The third-order valence-corrected chi connectivity index (χ3v) is 8.05. The summed E-state index contributed by atoms with van der Waals surface area (Å²) in [5, 5.41) is 12.4. The Labute approximate surface area is 249 Å². The van der Waals surface area contributed by atoms with E-state index in [-0.39, 0.29) is 23.5 Å². The molecule has 43 heavy (non-hydrogen) atoms. The third kappa shape index (κ3) is 4.62. The Morgan fingerprint density at radius 2 is 1.35 bits per heavy atom. The average Bonchev–Trinajstić information content (AvgIpc) is 3.05. The van der Waals surface area contributed by atoms with Crippen molar-refractivity contribution in [2.45, 2.75) is 31.4 Å². The number of esters is 2. The Balaban J connectivity index is 1.98. The summed E-state index contributed by atoms with van der Waals surface area (Å²) in [7, 11) is 2.31. The molecule has 5 rings (SSSR count). The van der Waals surface area contributed by atoms with Crippen LogP contribution < -0.4 is 0 Å². The van der Waals surface area contributed by atoms with E-state index in [1.165, 1.54) is 12.0 Å². The molecule has 3 atom stereocenters. The maximum atomic E-state index is 14.8. The zero-order valence-corrected chi connectivity index (χ0v) is 24.3. The summed E-state index contributed by atoms with van der Waals surface area (Å²) in [6, 6.07) is 24.5. The van der Waals surface area contributed by atoms with Crippen LogP contribution in [0.5, 0.6) is 0 Å². The second-order valence-corrected chi connectivity index (χ2v) is 10.3. The number of nitrogens with zero attached hydrogens (tertiary/aromatic N) is 2. The van der Waals surface area contributed by atoms with Crippen molar-refractivity contribution in [3.8, 4) is 0 Å². The Morgan fingerprint density at radius 3 is 1.86 bits per heavy atom. The van der Waals surface area contributed by atoms with Gasteiger partial charge in [-0.1, -0.05) is 91.0 Å². The molecule has 2 aliphatic heterocycles. The van der Waals surface area contributed by atoms with E-state index < -0.39 is 41.2 Å². The molecule has 1 N–H and O–H groups in total. The highest BCUT2D eigenvalue weighted by Gasteiger charge is 2.64. The Morgan fingerprint density at radius 1 is 0.814 bits per heavy atom. The standard InChI is InChI=1S/C34H32N2O7/c1-5-35-21(2)25(31(38)42-3)28(23-17-11-7-12-18-23)36-30(35)26(29(37)24-19-13-8-14-20-24)27(22-15-9-6-10-16-22)34(41,32(36)39)33(40)43-4/h6-20,27-28,41H,5H2,1-4H3/t27-,28-,34+/m0/s1. The molecule has 0 bridgehead atoms. The van der Waals surface area contributed by atoms with Gasteiger partial charge in [0.25, 0.3) is 11.5 Å². The van der Waals surface area contributed by atoms with Gasteiger partial charge < -0.3 is 19.5 Å². The molecule has 2 aliphatic rings. The van der Waals surface area contributed by atoms with Gasteiger partial charge in [-0.15, -0.1) is 0 Å². The van der Waals surface area contributed by atoms with E-state index in [1.54, 1.807) is 103 Å². The normalized spacial score (nSPS) is 21.8. The zero-order valence-electron chi connectivity index (χ0n) is 24.3. The predicted octanol–water partition coefficient (Wildman–Crippen LogP) is 4.13. The monoisotopic (exact) mass is 580 g/mol. The van der Waals surface area contributed by atoms with E-state index in [2.05, 4.69) is 0 Å². The first-order chi connectivity index (χ1) is 20.7. The molecule has 0 saturated carbocycles. The Hall–Kier alpha value is -5.02. The summed E-state index contributed by atoms with van der Waals surface area (Å²) < 4.78 is 10.2. The van der Waals surface area contributed by atoms with Gasteiger partial charge in [-0.3, -0.25) is 14.5 Å². The lowest BCUT2D eigenvalue weighted by Crippen LogP contribution is -2.65. The zero-order chi connectivity index (χ0) is 30.9. The molecule has 0 spiro atoms. The number of Topliss-reactive ketones (excluding diaryl/α,β-unsaturated/α-hetero) is 1. The molecule has 0 saturated heterocycles. The van der Waals surface area contributed by atoms with Crippen molar-refractivity contribution in [2.75, 3.05) is 20.8 Å². The highest BCUT2D eigenvalue weighted by Crippen LogP contribution is 2.52. The fourth-order valence-corrected chi connectivity index (χ4v) is 6.12. The Bertz CT molecular complexity index is 1630. The lowest BCUT2D eigenvalue weighted by molar-refractivity contribution is -0.178. The molecule has 0 radical (unpaired) electrons. The van der Waals surface area contributed by atoms with Gasteiger partial charge in [0, 0.05) is 17.8 Å². The van der Waals surface area contributed by atoms with Crippen LogP contribution in [-0.2, 0) is 23.9 Å². The van der Waals surface area contributed by atoms with Crippen molar-refractivity contribution < 1.29 is 33.8 Å². The highest BCUT2D eigenvalue weighted by atomic mass is 16.5. The first-order valence-corrected chi connectivity index (χ1v) is 13.9. The molecule has 1 amide bonds. The fourth-order valence-electron chi connectivity index (χ4n) is 6.12. The SMILES string of the molecule is CCN1C(C)=C(C(=O)OC)[C@H](c2ccccc2)N2C(=O)[C@@](O)(C(=O)OC)[C@@H](c3ccccc3)C(C(=O)c3ccccc3)=C12. The van der Waals surface area contributed by atoms with Crippen molar-refractivity contribution >= 4 is 23.6 Å². The van der Waals surface area contributed by atoms with Crippen LogP contribution in [0.1, 0.15) is 47.3 Å². The van der Waals surface area contributed by atoms with E-state index in [1.807, 2.05) is 6.92 Å². The van der Waals surface area contributed by atoms with Crippen molar-refractivity contribution in [1.82, 2.24) is 9.80 Å². The van der Waals surface area contributed by atoms with Gasteiger partial charge >= 0.3 is 11.9 Å². The topological polar surface area (TPSA) is 113 Å². The molecule has 9 heteroatoms. The molecule has 220 valence electrons. The number of carbonyl (C=O) groups is 4. The lowest BCUT2D eigenvalue weighted by atomic mass is 9.70. The molecular weight excluding hydrogens is 548 g/mol. The summed E-state index contributed by atoms with van der Waals surface area (Å²) in [4.78, 5) is 59.3. The van der Waals surface area contributed by atoms with Crippen molar-refractivity contribution in [3.05, 3.63) is 130 Å². The van der Waals surface area contributed by atoms with Crippen molar-refractivity contribution in [3.63, 3.8) is 0 Å². The Kier molecular flexibility index (Phi) is 8.02. The summed E-state index contributed by atoms with van der Waals surface area (Å²) in [5.41, 5.74) is -1.08. The molecule has 3 aromatic carbocycles. The quantitative estimate of drug-likeness (QED) is 0.252. The number of amides is 1. The molecule has 0 fully saturated rings. The van der Waals surface area contributed by atoms with Gasteiger partial charge in [-0.2, -0.15) is 0 Å². The van der Waals surface area contributed by atoms with E-state index in [4.69, 9.17) is 9.47 Å². The van der Waals surface area contributed by atoms with Crippen LogP contribution in [0.25, 0.3) is 0 Å². The first-order valence-electron chi connectivity index (χ1n) is 13.9. The smallest absolute Gasteiger partial charge is 0.348 e. The van der Waals surface area contributed by atoms with Gasteiger partial charge in [-0.05, 0) is 25.0 Å². The van der Waals surface area contributed by atoms with Crippen LogP contribution in [-0.4, -0.2) is 64.9 Å². The summed E-state index contributed by atoms with van der Waals surface area (Å²) in [6.07, 6.45) is 0. The van der Waals surface area contributed by atoms with Crippen LogP contribution >= 0.6 is 0 Å². The summed E-state index contributed by atoms with van der Waals surface area (Å²) in [5.74, 6) is -4.73. The number of methoxy groups -OCH3 is 2. The minimum atomic E-state index is -2.86. The van der Waals surface area contributed by atoms with Crippen molar-refractivity contribution in [2.24, 2.45) is 0 Å². The molecule has 3 aromatic rings. The third-order valence-electron chi connectivity index (χ3n) is 8.05. The molecule has 0 aromatic heterocycles. The number of ketones is 1. The van der Waals surface area contributed by atoms with Crippen LogP contribution in [0, 0.1) is 0 Å². The highest BCUT2D eigenvalue weighted by molar-refractivity contribution is 6.17. The largest absolute Gasteiger partial charge is 0.466 e. The predicted molar refractivity (Wildman–Crippen MR) is 157 cm³/mol. The minimum Gasteiger partial charge on any atom is -0.466 e. The van der Waals surface area contributed by atoms with Gasteiger partial charge in [0.1, 0.15) is 5.82 Å². The van der Waals surface area contributed by atoms with Crippen molar-refractivity contribution in [1.29, 1.82) is 0 Å². The molecule has 9 nitrogen and oxygen atoms in total.